The number of hydrogen-bond donors (Lipinski definition) is 2. The van der Waals surface area contributed by atoms with Gasteiger partial charge in [0.25, 0.3) is 0 Å². The molecule has 0 aliphatic carbocycles. The Morgan fingerprint density at radius 1 is 1.17 bits per heavy atom. The van der Waals surface area contributed by atoms with E-state index in [1.54, 1.807) is 18.2 Å². The Labute approximate surface area is 241 Å². The molecule has 1 aromatic heterocycles. The number of alkyl halides is 3. The van der Waals surface area contributed by atoms with Crippen LogP contribution >= 0.6 is 11.6 Å². The highest BCUT2D eigenvalue weighted by Crippen LogP contribution is 2.37. The first-order valence-corrected chi connectivity index (χ1v) is 13.6. The molecule has 2 N–H and O–H groups in total. The summed E-state index contributed by atoms with van der Waals surface area (Å²) in [5.41, 5.74) is 1.07. The van der Waals surface area contributed by atoms with Crippen LogP contribution in [0.25, 0.3) is 6.08 Å². The summed E-state index contributed by atoms with van der Waals surface area (Å²) >= 11 is 6.43. The Bertz CT molecular complexity index is 1460. The maximum Gasteiger partial charge on any atom is 0.416 e. The first-order valence-electron chi connectivity index (χ1n) is 13.3. The van der Waals surface area contributed by atoms with Crippen molar-refractivity contribution in [3.8, 4) is 11.5 Å². The maximum atomic E-state index is 13.5. The van der Waals surface area contributed by atoms with Crippen LogP contribution in [0.2, 0.25) is 5.02 Å². The molecule has 1 amide bonds. The number of amides is 1. The number of piperidine rings is 1. The van der Waals surface area contributed by atoms with Gasteiger partial charge in [0, 0.05) is 30.9 Å². The zero-order chi connectivity index (χ0) is 29.1. The van der Waals surface area contributed by atoms with Crippen LogP contribution in [0.5, 0.6) is 11.5 Å². The first kappa shape index (κ1) is 28.7. The lowest BCUT2D eigenvalue weighted by Crippen LogP contribution is -2.45. The van der Waals surface area contributed by atoms with E-state index in [1.807, 2.05) is 18.0 Å². The summed E-state index contributed by atoms with van der Waals surface area (Å²) in [5, 5.41) is 6.69. The van der Waals surface area contributed by atoms with Crippen molar-refractivity contribution in [2.24, 2.45) is 0 Å². The molecule has 0 saturated carbocycles. The van der Waals surface area contributed by atoms with E-state index in [2.05, 4.69) is 32.5 Å². The molecule has 41 heavy (non-hydrogen) atoms. The number of nitrogens with one attached hydrogen (secondary N) is 2. The van der Waals surface area contributed by atoms with Gasteiger partial charge in [-0.25, -0.2) is 9.97 Å². The van der Waals surface area contributed by atoms with Crippen LogP contribution in [-0.4, -0.2) is 65.4 Å². The monoisotopic (exact) mass is 586 g/mol. The summed E-state index contributed by atoms with van der Waals surface area (Å²) in [6.45, 7) is 2.47. The summed E-state index contributed by atoms with van der Waals surface area (Å²) in [4.78, 5) is 26.4. The van der Waals surface area contributed by atoms with Gasteiger partial charge in [-0.3, -0.25) is 4.79 Å². The van der Waals surface area contributed by atoms with Gasteiger partial charge in [-0.1, -0.05) is 17.7 Å². The number of hydrogen-bond acceptors (Lipinski definition) is 7. The van der Waals surface area contributed by atoms with Gasteiger partial charge in [0.05, 0.1) is 16.1 Å². The predicted molar refractivity (Wildman–Crippen MR) is 153 cm³/mol. The molecule has 0 atom stereocenters. The normalized spacial score (nSPS) is 16.2. The Morgan fingerprint density at radius 2 is 1.95 bits per heavy atom. The van der Waals surface area contributed by atoms with Gasteiger partial charge in [0.15, 0.2) is 0 Å². The fourth-order valence-electron chi connectivity index (χ4n) is 4.94. The average molecular weight is 587 g/mol. The smallest absolute Gasteiger partial charge is 0.416 e. The van der Waals surface area contributed by atoms with E-state index >= 15 is 0 Å². The second kappa shape index (κ2) is 12.0. The predicted octanol–water partition coefficient (Wildman–Crippen LogP) is 6.44. The summed E-state index contributed by atoms with van der Waals surface area (Å²) in [5.74, 6) is 1.27. The minimum atomic E-state index is -4.48. The summed E-state index contributed by atoms with van der Waals surface area (Å²) in [7, 11) is 3.96. The number of fused-ring (bicyclic) bond motifs is 1. The van der Waals surface area contributed by atoms with E-state index in [0.29, 0.717) is 41.4 Å². The lowest BCUT2D eigenvalue weighted by atomic mass is 10.0. The molecule has 3 aromatic rings. The highest BCUT2D eigenvalue weighted by molar-refractivity contribution is 6.32. The zero-order valence-corrected chi connectivity index (χ0v) is 23.4. The number of aromatic nitrogens is 2. The number of carbonyl (C=O) groups excluding carboxylic acids is 1. The molecule has 0 unspecified atom stereocenters. The second-order valence-electron chi connectivity index (χ2n) is 10.2. The van der Waals surface area contributed by atoms with Crippen LogP contribution in [0, 0.1) is 0 Å². The second-order valence-corrected chi connectivity index (χ2v) is 10.6. The van der Waals surface area contributed by atoms with E-state index < -0.39 is 11.7 Å². The lowest BCUT2D eigenvalue weighted by Gasteiger charge is -2.35. The number of rotatable bonds is 6. The van der Waals surface area contributed by atoms with Crippen LogP contribution in [0.1, 0.15) is 30.4 Å². The summed E-state index contributed by atoms with van der Waals surface area (Å²) < 4.78 is 44.8. The third-order valence-electron chi connectivity index (χ3n) is 7.30. The standard InChI is InChI=1S/C29H30ClF3N6O2/c1-38-12-9-21(10-13-38)39(2)28(40)18-8-11-34-26-23(14-18)27(36-17-35-26)37-20-6-7-25(24(30)16-20)41-22-5-3-4-19(15-22)29(31,32)33/h3-7,14-17,21H,8-13H2,1-2H3,(H2,34,35,36,37). The van der Waals surface area contributed by atoms with Gasteiger partial charge < -0.3 is 25.2 Å². The maximum absolute atomic E-state index is 13.5. The Morgan fingerprint density at radius 3 is 2.68 bits per heavy atom. The van der Waals surface area contributed by atoms with Gasteiger partial charge in [0.1, 0.15) is 29.5 Å². The lowest BCUT2D eigenvalue weighted by molar-refractivity contribution is -0.137. The summed E-state index contributed by atoms with van der Waals surface area (Å²) in [6, 6.07) is 9.61. The zero-order valence-electron chi connectivity index (χ0n) is 22.6. The Kier molecular flexibility index (Phi) is 8.37. The number of benzene rings is 2. The molecule has 1 saturated heterocycles. The highest BCUT2D eigenvalue weighted by atomic mass is 35.5. The first-order chi connectivity index (χ1) is 19.6. The van der Waals surface area contributed by atoms with Crippen LogP contribution in [-0.2, 0) is 11.0 Å². The molecule has 3 heterocycles. The minimum Gasteiger partial charge on any atom is -0.456 e. The summed E-state index contributed by atoms with van der Waals surface area (Å²) in [6.07, 6.45) is 1.18. The van der Waals surface area contributed by atoms with Gasteiger partial charge in [-0.15, -0.1) is 0 Å². The molecule has 8 nitrogen and oxygen atoms in total. The largest absolute Gasteiger partial charge is 0.456 e. The number of likely N-dealkylation sites (N-methyl/N-ethyl adjacent to an activating group) is 1. The Balaban J connectivity index is 1.35. The van der Waals surface area contributed by atoms with Crippen molar-refractivity contribution in [1.82, 2.24) is 19.8 Å². The van der Waals surface area contributed by atoms with Crippen molar-refractivity contribution in [2.75, 3.05) is 44.4 Å². The number of halogens is 4. The van der Waals surface area contributed by atoms with Crippen molar-refractivity contribution in [2.45, 2.75) is 31.5 Å². The topological polar surface area (TPSA) is 82.6 Å². The molecule has 216 valence electrons. The van der Waals surface area contributed by atoms with E-state index in [9.17, 15) is 18.0 Å². The van der Waals surface area contributed by atoms with Gasteiger partial charge in [0.2, 0.25) is 5.91 Å². The van der Waals surface area contributed by atoms with Crippen molar-refractivity contribution in [3.63, 3.8) is 0 Å². The van der Waals surface area contributed by atoms with Crippen LogP contribution < -0.4 is 15.4 Å². The number of anilines is 3. The van der Waals surface area contributed by atoms with E-state index in [-0.39, 0.29) is 28.5 Å². The third kappa shape index (κ3) is 6.74. The number of nitrogens with zero attached hydrogens (tertiary/aromatic N) is 4. The quantitative estimate of drug-likeness (QED) is 0.344. The molecule has 2 aliphatic rings. The van der Waals surface area contributed by atoms with Crippen LogP contribution in [0.15, 0.2) is 54.4 Å². The highest BCUT2D eigenvalue weighted by Gasteiger charge is 2.31. The third-order valence-corrected chi connectivity index (χ3v) is 7.60. The van der Waals surface area contributed by atoms with Crippen LogP contribution in [0.4, 0.5) is 30.5 Å². The molecule has 0 spiro atoms. The minimum absolute atomic E-state index is 0.0110. The van der Waals surface area contributed by atoms with E-state index in [1.165, 1.54) is 18.5 Å². The molecule has 1 fully saturated rings. The van der Waals surface area contributed by atoms with E-state index in [4.69, 9.17) is 16.3 Å². The van der Waals surface area contributed by atoms with Crippen molar-refractivity contribution >= 4 is 40.9 Å². The molecule has 0 radical (unpaired) electrons. The van der Waals surface area contributed by atoms with Gasteiger partial charge in [-0.05, 0) is 81.9 Å². The number of likely N-dealkylation sites (tertiary alicyclic amines) is 1. The SMILES string of the molecule is CN1CCC(N(C)C(=O)C2=Cc3c(ncnc3Nc3ccc(Oc4cccc(C(F)(F)F)c4)c(Cl)c3)NCC2)CC1. The van der Waals surface area contributed by atoms with Gasteiger partial charge >= 0.3 is 6.18 Å². The van der Waals surface area contributed by atoms with Crippen molar-refractivity contribution in [3.05, 3.63) is 70.5 Å². The molecular formula is C29H30ClF3N6O2. The molecular weight excluding hydrogens is 557 g/mol. The average Bonchev–Trinajstić information content (AvgIpc) is 3.17. The molecule has 0 bridgehead atoms. The van der Waals surface area contributed by atoms with E-state index in [0.717, 1.165) is 38.1 Å². The molecule has 5 rings (SSSR count). The molecule has 12 heteroatoms. The molecule has 2 aromatic carbocycles. The van der Waals surface area contributed by atoms with Gasteiger partial charge in [-0.2, -0.15) is 13.2 Å². The number of carbonyl (C=O) groups is 1. The Hall–Kier alpha value is -3.83. The fraction of sp³-hybridized carbons (Fsp3) is 0.345. The fourth-order valence-corrected chi connectivity index (χ4v) is 5.16. The molecule has 2 aliphatic heterocycles. The van der Waals surface area contributed by atoms with Crippen molar-refractivity contribution in [1.29, 1.82) is 0 Å². The van der Waals surface area contributed by atoms with Crippen molar-refractivity contribution < 1.29 is 22.7 Å². The van der Waals surface area contributed by atoms with Crippen LogP contribution in [0.3, 0.4) is 0 Å². The number of ether oxygens (including phenoxy) is 1.